The molecule has 0 radical (unpaired) electrons. The van der Waals surface area contributed by atoms with Crippen LogP contribution in [0.5, 0.6) is 0 Å². The summed E-state index contributed by atoms with van der Waals surface area (Å²) in [5.41, 5.74) is 1.01. The molecular formula is C28H38F2N8O3S. The highest BCUT2D eigenvalue weighted by Crippen LogP contribution is 2.30. The lowest BCUT2D eigenvalue weighted by atomic mass is 9.92. The molecular weight excluding hydrogens is 566 g/mol. The van der Waals surface area contributed by atoms with Crippen molar-refractivity contribution in [2.24, 2.45) is 0 Å². The molecule has 2 saturated heterocycles. The number of benzene rings is 1. The predicted octanol–water partition coefficient (Wildman–Crippen LogP) is 3.33. The second kappa shape index (κ2) is 12.7. The molecule has 3 fully saturated rings. The Morgan fingerprint density at radius 1 is 0.952 bits per heavy atom. The Kier molecular flexibility index (Phi) is 8.84. The van der Waals surface area contributed by atoms with E-state index in [1.54, 1.807) is 30.3 Å². The highest BCUT2D eigenvalue weighted by molar-refractivity contribution is 7.89. The van der Waals surface area contributed by atoms with Crippen molar-refractivity contribution in [1.29, 1.82) is 0 Å². The van der Waals surface area contributed by atoms with Crippen molar-refractivity contribution < 1.29 is 21.9 Å². The number of likely N-dealkylation sites (tertiary alicyclic amines) is 1. The van der Waals surface area contributed by atoms with E-state index >= 15 is 0 Å². The van der Waals surface area contributed by atoms with Gasteiger partial charge in [0.15, 0.2) is 5.82 Å². The Bertz CT molecular complexity index is 1470. The fraction of sp³-hybridized carbons (Fsp3) is 0.607. The number of hydrogen-bond donors (Lipinski definition) is 2. The first-order valence-electron chi connectivity index (χ1n) is 14.8. The molecule has 11 nitrogen and oxygen atoms in total. The summed E-state index contributed by atoms with van der Waals surface area (Å²) in [4.78, 5) is 17.9. The van der Waals surface area contributed by atoms with Crippen LogP contribution in [-0.4, -0.2) is 96.6 Å². The molecule has 3 aliphatic rings. The lowest BCUT2D eigenvalue weighted by molar-refractivity contribution is 0.122. The smallest absolute Gasteiger partial charge is 0.296 e. The SMILES string of the molecule is O=S(=O)(CCN1CCCC1)N[C@H]1CC[C@H](Nc2cc(-n3c(C(F)F)nc4ccccc43)nc(N3CCOCC3)n2)CC1. The van der Waals surface area contributed by atoms with Gasteiger partial charge in [-0.25, -0.2) is 26.9 Å². The third kappa shape index (κ3) is 6.82. The molecule has 2 aromatic heterocycles. The molecule has 6 rings (SSSR count). The van der Waals surface area contributed by atoms with Gasteiger partial charge in [-0.2, -0.15) is 9.97 Å². The van der Waals surface area contributed by atoms with E-state index in [-0.39, 0.29) is 23.7 Å². The maximum absolute atomic E-state index is 14.1. The highest BCUT2D eigenvalue weighted by atomic mass is 32.2. The van der Waals surface area contributed by atoms with Crippen molar-refractivity contribution in [3.63, 3.8) is 0 Å². The Hall–Kier alpha value is -2.94. The number of imidazole rings is 1. The van der Waals surface area contributed by atoms with Gasteiger partial charge in [0.1, 0.15) is 11.6 Å². The topological polar surface area (TPSA) is 118 Å². The number of ether oxygens (including phenoxy) is 1. The third-order valence-electron chi connectivity index (χ3n) is 8.31. The second-order valence-electron chi connectivity index (χ2n) is 11.3. The molecule has 42 heavy (non-hydrogen) atoms. The minimum Gasteiger partial charge on any atom is -0.378 e. The maximum Gasteiger partial charge on any atom is 0.296 e. The van der Waals surface area contributed by atoms with Gasteiger partial charge in [0.25, 0.3) is 6.43 Å². The normalized spacial score (nSPS) is 22.3. The van der Waals surface area contributed by atoms with Crippen molar-refractivity contribution in [3.8, 4) is 5.82 Å². The van der Waals surface area contributed by atoms with Crippen LogP contribution in [0.15, 0.2) is 30.3 Å². The lowest BCUT2D eigenvalue weighted by Gasteiger charge is -2.31. The fourth-order valence-electron chi connectivity index (χ4n) is 6.08. The molecule has 228 valence electrons. The first-order chi connectivity index (χ1) is 20.3. The number of morpholine rings is 1. The summed E-state index contributed by atoms with van der Waals surface area (Å²) in [5.74, 6) is 1.05. The monoisotopic (exact) mass is 604 g/mol. The van der Waals surface area contributed by atoms with Gasteiger partial charge in [0.05, 0.1) is 30.0 Å². The number of nitrogens with one attached hydrogen (secondary N) is 2. The molecule has 3 aromatic rings. The van der Waals surface area contributed by atoms with Crippen molar-refractivity contribution in [1.82, 2.24) is 29.1 Å². The summed E-state index contributed by atoms with van der Waals surface area (Å²) in [6.45, 7) is 4.79. The largest absolute Gasteiger partial charge is 0.378 e. The molecule has 1 aliphatic carbocycles. The molecule has 0 amide bonds. The van der Waals surface area contributed by atoms with Gasteiger partial charge in [-0.15, -0.1) is 0 Å². The molecule has 1 saturated carbocycles. The molecule has 1 aromatic carbocycles. The van der Waals surface area contributed by atoms with E-state index in [9.17, 15) is 17.2 Å². The van der Waals surface area contributed by atoms with E-state index in [1.165, 1.54) is 4.57 Å². The van der Waals surface area contributed by atoms with Gasteiger partial charge >= 0.3 is 0 Å². The first-order valence-corrected chi connectivity index (χ1v) is 16.5. The van der Waals surface area contributed by atoms with Gasteiger partial charge in [-0.1, -0.05) is 12.1 Å². The summed E-state index contributed by atoms with van der Waals surface area (Å²) < 4.78 is 63.5. The fourth-order valence-corrected chi connectivity index (χ4v) is 7.44. The Labute approximate surface area is 244 Å². The molecule has 4 heterocycles. The van der Waals surface area contributed by atoms with Crippen LogP contribution in [0.3, 0.4) is 0 Å². The number of aromatic nitrogens is 4. The average Bonchev–Trinajstić information content (AvgIpc) is 3.66. The highest BCUT2D eigenvalue weighted by Gasteiger charge is 2.27. The standard InChI is InChI=1S/C28H38F2N8O3S/c29-26(30)27-32-22-5-1-2-6-23(22)38(27)25-19-24(33-28(34-25)37-13-16-41-17-14-37)31-20-7-9-21(10-8-20)35-42(39,40)18-15-36-11-3-4-12-36/h1-2,5-6,19-21,26,35H,3-4,7-18H2,(H,31,33,34)/t20-,21-. The molecule has 14 heteroatoms. The van der Waals surface area contributed by atoms with Gasteiger partial charge in [-0.3, -0.25) is 4.57 Å². The van der Waals surface area contributed by atoms with Crippen LogP contribution in [0.1, 0.15) is 50.8 Å². The summed E-state index contributed by atoms with van der Waals surface area (Å²) >= 11 is 0. The quantitative estimate of drug-likeness (QED) is 0.359. The van der Waals surface area contributed by atoms with Gasteiger partial charge in [0, 0.05) is 37.8 Å². The number of rotatable bonds is 10. The zero-order valence-corrected chi connectivity index (χ0v) is 24.4. The molecule has 2 aliphatic heterocycles. The minimum atomic E-state index is -3.34. The van der Waals surface area contributed by atoms with E-state index in [2.05, 4.69) is 19.9 Å². The average molecular weight is 605 g/mol. The minimum absolute atomic E-state index is 0.0599. The van der Waals surface area contributed by atoms with Crippen molar-refractivity contribution in [3.05, 3.63) is 36.2 Å². The zero-order chi connectivity index (χ0) is 29.1. The van der Waals surface area contributed by atoms with E-state index in [0.717, 1.165) is 38.8 Å². The van der Waals surface area contributed by atoms with E-state index in [0.29, 0.717) is 74.3 Å². The molecule has 0 bridgehead atoms. The van der Waals surface area contributed by atoms with Crippen LogP contribution in [0.2, 0.25) is 0 Å². The molecule has 0 spiro atoms. The van der Waals surface area contributed by atoms with Crippen LogP contribution < -0.4 is 14.9 Å². The van der Waals surface area contributed by atoms with E-state index in [1.807, 2.05) is 4.90 Å². The number of fused-ring (bicyclic) bond motifs is 1. The van der Waals surface area contributed by atoms with E-state index in [4.69, 9.17) is 14.7 Å². The zero-order valence-electron chi connectivity index (χ0n) is 23.6. The summed E-state index contributed by atoms with van der Waals surface area (Å²) in [7, 11) is -3.34. The maximum atomic E-state index is 14.1. The van der Waals surface area contributed by atoms with Gasteiger partial charge in [0.2, 0.25) is 16.0 Å². The third-order valence-corrected chi connectivity index (χ3v) is 9.72. The lowest BCUT2D eigenvalue weighted by Crippen LogP contribution is -2.42. The van der Waals surface area contributed by atoms with E-state index < -0.39 is 16.4 Å². The second-order valence-corrected chi connectivity index (χ2v) is 13.2. The first kappa shape index (κ1) is 29.1. The molecule has 0 unspecified atom stereocenters. The number of alkyl halides is 2. The summed E-state index contributed by atoms with van der Waals surface area (Å²) in [6, 6.07) is 8.68. The summed E-state index contributed by atoms with van der Waals surface area (Å²) in [5, 5.41) is 3.49. The predicted molar refractivity (Wildman–Crippen MR) is 157 cm³/mol. The number of nitrogens with zero attached hydrogens (tertiary/aromatic N) is 6. The summed E-state index contributed by atoms with van der Waals surface area (Å²) in [6.07, 6.45) is 2.40. The Morgan fingerprint density at radius 2 is 1.67 bits per heavy atom. The Balaban J connectivity index is 1.18. The van der Waals surface area contributed by atoms with Crippen molar-refractivity contribution in [2.75, 3.05) is 61.9 Å². The van der Waals surface area contributed by atoms with Crippen molar-refractivity contribution in [2.45, 2.75) is 57.0 Å². The number of halogens is 2. The van der Waals surface area contributed by atoms with Gasteiger partial charge < -0.3 is 19.9 Å². The number of para-hydroxylation sites is 2. The van der Waals surface area contributed by atoms with Crippen LogP contribution >= 0.6 is 0 Å². The Morgan fingerprint density at radius 3 is 2.40 bits per heavy atom. The van der Waals surface area contributed by atoms with Crippen LogP contribution in [-0.2, 0) is 14.8 Å². The van der Waals surface area contributed by atoms with Crippen LogP contribution in [0.25, 0.3) is 16.9 Å². The van der Waals surface area contributed by atoms with Crippen LogP contribution in [0, 0.1) is 0 Å². The molecule has 2 N–H and O–H groups in total. The van der Waals surface area contributed by atoms with Crippen LogP contribution in [0.4, 0.5) is 20.5 Å². The van der Waals surface area contributed by atoms with Crippen molar-refractivity contribution >= 4 is 32.8 Å². The number of anilines is 2. The number of sulfonamides is 1. The van der Waals surface area contributed by atoms with Gasteiger partial charge in [-0.05, 0) is 63.7 Å². The number of hydrogen-bond acceptors (Lipinski definition) is 9. The molecule has 0 atom stereocenters.